The molecule has 0 saturated carbocycles. The predicted octanol–water partition coefficient (Wildman–Crippen LogP) is 4.66. The van der Waals surface area contributed by atoms with E-state index in [9.17, 15) is 14.7 Å². The molecular weight excluding hydrogens is 354 g/mol. The number of fused-ring (bicyclic) bond motifs is 3. The number of aliphatic carboxylic acids is 1. The van der Waals surface area contributed by atoms with E-state index in [0.717, 1.165) is 22.3 Å². The first-order valence-corrected chi connectivity index (χ1v) is 9.72. The zero-order valence-corrected chi connectivity index (χ0v) is 16.5. The lowest BCUT2D eigenvalue weighted by Gasteiger charge is -2.23. The Morgan fingerprint density at radius 1 is 1.00 bits per heavy atom. The molecular formula is C23H27NO4. The summed E-state index contributed by atoms with van der Waals surface area (Å²) in [5.41, 5.74) is 4.56. The van der Waals surface area contributed by atoms with Crippen LogP contribution in [0.2, 0.25) is 0 Å². The van der Waals surface area contributed by atoms with Crippen LogP contribution in [0.1, 0.15) is 44.2 Å². The molecule has 0 bridgehead atoms. The maximum absolute atomic E-state index is 12.3. The number of benzene rings is 2. The molecule has 148 valence electrons. The Hall–Kier alpha value is -2.82. The van der Waals surface area contributed by atoms with E-state index < -0.39 is 18.1 Å². The molecule has 5 heteroatoms. The molecule has 0 aliphatic heterocycles. The standard InChI is InChI=1S/C23H27NO4/c1-14(2)12-15(3)21(22(25)26)24-23(27)28-13-20-18-10-6-4-8-16(18)17-9-5-7-11-19(17)20/h4-11,14-15,20-21H,12-13H2,1-3H3,(H,24,27)(H,25,26). The molecule has 2 aromatic carbocycles. The number of amides is 1. The zero-order chi connectivity index (χ0) is 20.3. The van der Waals surface area contributed by atoms with Gasteiger partial charge in [0.2, 0.25) is 0 Å². The fraction of sp³-hybridized carbons (Fsp3) is 0.391. The van der Waals surface area contributed by atoms with Crippen molar-refractivity contribution in [2.45, 2.75) is 39.2 Å². The highest BCUT2D eigenvalue weighted by atomic mass is 16.5. The van der Waals surface area contributed by atoms with Gasteiger partial charge in [-0.25, -0.2) is 9.59 Å². The minimum atomic E-state index is -1.04. The average Bonchev–Trinajstić information content (AvgIpc) is 2.97. The highest BCUT2D eigenvalue weighted by molar-refractivity contribution is 5.81. The van der Waals surface area contributed by atoms with Crippen LogP contribution < -0.4 is 5.32 Å². The van der Waals surface area contributed by atoms with Crippen LogP contribution in [0.3, 0.4) is 0 Å². The lowest BCUT2D eigenvalue weighted by molar-refractivity contribution is -0.140. The number of alkyl carbamates (subject to hydrolysis) is 1. The van der Waals surface area contributed by atoms with Crippen molar-refractivity contribution in [3.05, 3.63) is 59.7 Å². The molecule has 1 amide bonds. The minimum absolute atomic E-state index is 0.0467. The number of ether oxygens (including phenoxy) is 1. The van der Waals surface area contributed by atoms with Crippen molar-refractivity contribution in [1.82, 2.24) is 5.32 Å². The quantitative estimate of drug-likeness (QED) is 0.731. The average molecular weight is 381 g/mol. The third-order valence-corrected chi connectivity index (χ3v) is 5.30. The summed E-state index contributed by atoms with van der Waals surface area (Å²) in [5, 5.41) is 12.0. The lowest BCUT2D eigenvalue weighted by atomic mass is 9.92. The Morgan fingerprint density at radius 3 is 2.04 bits per heavy atom. The third kappa shape index (κ3) is 4.19. The SMILES string of the molecule is CC(C)CC(C)C(NC(=O)OCC1c2ccccc2-c2ccccc21)C(=O)O. The summed E-state index contributed by atoms with van der Waals surface area (Å²) in [5.74, 6) is -0.921. The number of hydrogen-bond donors (Lipinski definition) is 2. The van der Waals surface area contributed by atoms with Crippen LogP contribution in [0.25, 0.3) is 11.1 Å². The van der Waals surface area contributed by atoms with Gasteiger partial charge in [-0.2, -0.15) is 0 Å². The summed E-state index contributed by atoms with van der Waals surface area (Å²) in [6.07, 6.45) is 0.0190. The van der Waals surface area contributed by atoms with Gasteiger partial charge in [0.25, 0.3) is 0 Å². The molecule has 2 unspecified atom stereocenters. The Bertz CT molecular complexity index is 816. The molecule has 28 heavy (non-hydrogen) atoms. The smallest absolute Gasteiger partial charge is 0.407 e. The lowest BCUT2D eigenvalue weighted by Crippen LogP contribution is -2.45. The van der Waals surface area contributed by atoms with Crippen molar-refractivity contribution in [1.29, 1.82) is 0 Å². The Morgan fingerprint density at radius 2 is 1.54 bits per heavy atom. The number of carboxylic acid groups (broad SMARTS) is 1. The monoisotopic (exact) mass is 381 g/mol. The largest absolute Gasteiger partial charge is 0.480 e. The third-order valence-electron chi connectivity index (χ3n) is 5.30. The van der Waals surface area contributed by atoms with Crippen molar-refractivity contribution in [2.75, 3.05) is 6.61 Å². The first-order valence-electron chi connectivity index (χ1n) is 9.72. The van der Waals surface area contributed by atoms with Gasteiger partial charge in [-0.1, -0.05) is 69.3 Å². The minimum Gasteiger partial charge on any atom is -0.480 e. The van der Waals surface area contributed by atoms with E-state index in [4.69, 9.17) is 4.74 Å². The van der Waals surface area contributed by atoms with Gasteiger partial charge in [0.15, 0.2) is 0 Å². The van der Waals surface area contributed by atoms with Gasteiger partial charge in [-0.05, 0) is 40.5 Å². The summed E-state index contributed by atoms with van der Waals surface area (Å²) in [6.45, 7) is 6.07. The molecule has 2 aromatic rings. The maximum Gasteiger partial charge on any atom is 0.407 e. The van der Waals surface area contributed by atoms with Gasteiger partial charge in [-0.3, -0.25) is 0 Å². The van der Waals surface area contributed by atoms with Crippen LogP contribution in [0.5, 0.6) is 0 Å². The van der Waals surface area contributed by atoms with Gasteiger partial charge in [-0.15, -0.1) is 0 Å². The summed E-state index contributed by atoms with van der Waals surface area (Å²) in [4.78, 5) is 23.9. The molecule has 0 saturated heterocycles. The molecule has 5 nitrogen and oxygen atoms in total. The van der Waals surface area contributed by atoms with E-state index in [-0.39, 0.29) is 18.4 Å². The van der Waals surface area contributed by atoms with E-state index in [1.54, 1.807) is 0 Å². The predicted molar refractivity (Wildman–Crippen MR) is 108 cm³/mol. The fourth-order valence-corrected chi connectivity index (χ4v) is 4.09. The maximum atomic E-state index is 12.3. The first-order chi connectivity index (χ1) is 13.4. The van der Waals surface area contributed by atoms with Crippen LogP contribution in [-0.2, 0) is 9.53 Å². The molecule has 0 spiro atoms. The Balaban J connectivity index is 1.68. The second-order valence-corrected chi connectivity index (χ2v) is 7.89. The number of nitrogens with one attached hydrogen (secondary N) is 1. The van der Waals surface area contributed by atoms with Crippen molar-refractivity contribution in [3.8, 4) is 11.1 Å². The second-order valence-electron chi connectivity index (χ2n) is 7.89. The molecule has 3 rings (SSSR count). The zero-order valence-electron chi connectivity index (χ0n) is 16.5. The number of carbonyl (C=O) groups is 2. The van der Waals surface area contributed by atoms with Gasteiger partial charge in [0.1, 0.15) is 12.6 Å². The van der Waals surface area contributed by atoms with Gasteiger partial charge >= 0.3 is 12.1 Å². The molecule has 2 N–H and O–H groups in total. The second kappa shape index (κ2) is 8.46. The molecule has 0 fully saturated rings. The highest BCUT2D eigenvalue weighted by Crippen LogP contribution is 2.44. The summed E-state index contributed by atoms with van der Waals surface area (Å²) < 4.78 is 5.46. The number of carboxylic acids is 1. The first kappa shape index (κ1) is 19.9. The van der Waals surface area contributed by atoms with Crippen LogP contribution in [0.4, 0.5) is 4.79 Å². The molecule has 2 atom stereocenters. The van der Waals surface area contributed by atoms with Crippen molar-refractivity contribution < 1.29 is 19.4 Å². The summed E-state index contributed by atoms with van der Waals surface area (Å²) in [7, 11) is 0. The van der Waals surface area contributed by atoms with Gasteiger partial charge in [0, 0.05) is 5.92 Å². The van der Waals surface area contributed by atoms with E-state index in [2.05, 4.69) is 17.4 Å². The van der Waals surface area contributed by atoms with E-state index in [1.165, 1.54) is 0 Å². The normalized spacial score (nSPS) is 14.9. The Kier molecular flexibility index (Phi) is 6.02. The van der Waals surface area contributed by atoms with Crippen molar-refractivity contribution >= 4 is 12.1 Å². The fourth-order valence-electron chi connectivity index (χ4n) is 4.09. The van der Waals surface area contributed by atoms with E-state index >= 15 is 0 Å². The van der Waals surface area contributed by atoms with Crippen LogP contribution in [-0.4, -0.2) is 29.8 Å². The number of hydrogen-bond acceptors (Lipinski definition) is 3. The van der Waals surface area contributed by atoms with Crippen molar-refractivity contribution in [3.63, 3.8) is 0 Å². The Labute approximate surface area is 165 Å². The van der Waals surface area contributed by atoms with E-state index in [0.29, 0.717) is 12.3 Å². The number of carbonyl (C=O) groups excluding carboxylic acids is 1. The van der Waals surface area contributed by atoms with Crippen molar-refractivity contribution in [2.24, 2.45) is 11.8 Å². The highest BCUT2D eigenvalue weighted by Gasteiger charge is 2.31. The van der Waals surface area contributed by atoms with E-state index in [1.807, 2.05) is 57.2 Å². The molecule has 0 heterocycles. The molecule has 1 aliphatic rings. The number of rotatable bonds is 7. The van der Waals surface area contributed by atoms with Gasteiger partial charge < -0.3 is 15.2 Å². The molecule has 0 radical (unpaired) electrons. The topological polar surface area (TPSA) is 75.6 Å². The van der Waals surface area contributed by atoms with Crippen LogP contribution in [0.15, 0.2) is 48.5 Å². The molecule has 1 aliphatic carbocycles. The summed E-state index contributed by atoms with van der Waals surface area (Å²) >= 11 is 0. The summed E-state index contributed by atoms with van der Waals surface area (Å²) in [6, 6.07) is 15.2. The van der Waals surface area contributed by atoms with Crippen LogP contribution in [0, 0.1) is 11.8 Å². The molecule has 0 aromatic heterocycles. The van der Waals surface area contributed by atoms with Gasteiger partial charge in [0.05, 0.1) is 0 Å². The van der Waals surface area contributed by atoms with Crippen LogP contribution >= 0.6 is 0 Å².